The van der Waals surface area contributed by atoms with Gasteiger partial charge in [0.05, 0.1) is 6.54 Å². The molecule has 4 heteroatoms. The van der Waals surface area contributed by atoms with Gasteiger partial charge in [-0.2, -0.15) is 0 Å². The highest BCUT2D eigenvalue weighted by atomic mass is 16.4. The van der Waals surface area contributed by atoms with Crippen molar-refractivity contribution in [1.29, 1.82) is 0 Å². The summed E-state index contributed by atoms with van der Waals surface area (Å²) >= 11 is 0. The Hall–Kier alpha value is -0.610. The third-order valence-corrected chi connectivity index (χ3v) is 6.32. The summed E-state index contributed by atoms with van der Waals surface area (Å²) in [5.74, 6) is -0.700. The van der Waals surface area contributed by atoms with Crippen LogP contribution in [0, 0.1) is 5.41 Å². The normalized spacial score (nSPS) is 34.5. The molecule has 0 amide bonds. The van der Waals surface area contributed by atoms with Gasteiger partial charge in [-0.15, -0.1) is 0 Å². The fourth-order valence-electron chi connectivity index (χ4n) is 5.06. The molecule has 0 aromatic heterocycles. The minimum Gasteiger partial charge on any atom is -0.480 e. The number of aliphatic carboxylic acids is 1. The van der Waals surface area contributed by atoms with Crippen molar-refractivity contribution in [2.75, 3.05) is 13.1 Å². The van der Waals surface area contributed by atoms with Crippen LogP contribution in [0.25, 0.3) is 0 Å². The topological polar surface area (TPSA) is 52.6 Å². The standard InChI is InChI=1S/C17H30N2O2/c1-2-19(12-16(20)21)14-10-13(11-14)18-15-6-5-9-17(15)7-3-4-8-17/h13-15,18H,2-12H2,1H3,(H,20,21). The molecule has 2 N–H and O–H groups in total. The monoisotopic (exact) mass is 294 g/mol. The van der Waals surface area contributed by atoms with Gasteiger partial charge >= 0.3 is 5.97 Å². The Balaban J connectivity index is 1.47. The third kappa shape index (κ3) is 3.11. The molecule has 0 aromatic rings. The SMILES string of the molecule is CCN(CC(=O)O)C1CC(NC2CCCC23CCCC3)C1. The maximum atomic E-state index is 10.9. The van der Waals surface area contributed by atoms with Gasteiger partial charge in [0.1, 0.15) is 0 Å². The fourth-order valence-corrected chi connectivity index (χ4v) is 5.06. The zero-order valence-corrected chi connectivity index (χ0v) is 13.3. The summed E-state index contributed by atoms with van der Waals surface area (Å²) in [5.41, 5.74) is 0.622. The second-order valence-electron chi connectivity index (χ2n) is 7.46. The highest BCUT2D eigenvalue weighted by Gasteiger charge is 2.46. The van der Waals surface area contributed by atoms with E-state index < -0.39 is 5.97 Å². The number of carboxylic acids is 1. The molecule has 3 aliphatic carbocycles. The van der Waals surface area contributed by atoms with Crippen LogP contribution in [0.5, 0.6) is 0 Å². The number of likely N-dealkylation sites (N-methyl/N-ethyl adjacent to an activating group) is 1. The van der Waals surface area contributed by atoms with Crippen molar-refractivity contribution in [1.82, 2.24) is 10.2 Å². The predicted molar refractivity (Wildman–Crippen MR) is 83.4 cm³/mol. The maximum Gasteiger partial charge on any atom is 0.317 e. The average Bonchev–Trinajstić information content (AvgIpc) is 3.02. The van der Waals surface area contributed by atoms with Gasteiger partial charge in [-0.25, -0.2) is 0 Å². The van der Waals surface area contributed by atoms with E-state index in [-0.39, 0.29) is 6.54 Å². The molecule has 0 saturated heterocycles. The van der Waals surface area contributed by atoms with E-state index in [1.54, 1.807) is 0 Å². The number of rotatable bonds is 6. The summed E-state index contributed by atoms with van der Waals surface area (Å²) in [6.45, 7) is 3.10. The van der Waals surface area contributed by atoms with Gasteiger partial charge in [0.15, 0.2) is 0 Å². The van der Waals surface area contributed by atoms with Crippen molar-refractivity contribution in [3.63, 3.8) is 0 Å². The highest BCUT2D eigenvalue weighted by Crippen LogP contribution is 2.51. The first-order valence-corrected chi connectivity index (χ1v) is 8.85. The molecule has 21 heavy (non-hydrogen) atoms. The summed E-state index contributed by atoms with van der Waals surface area (Å²) in [7, 11) is 0. The molecule has 3 fully saturated rings. The van der Waals surface area contributed by atoms with Gasteiger partial charge in [-0.3, -0.25) is 9.69 Å². The highest BCUT2D eigenvalue weighted by molar-refractivity contribution is 5.69. The summed E-state index contributed by atoms with van der Waals surface area (Å²) in [6.07, 6.45) is 12.2. The van der Waals surface area contributed by atoms with Crippen LogP contribution >= 0.6 is 0 Å². The zero-order chi connectivity index (χ0) is 14.9. The van der Waals surface area contributed by atoms with E-state index in [1.807, 2.05) is 0 Å². The van der Waals surface area contributed by atoms with E-state index >= 15 is 0 Å². The molecule has 3 aliphatic rings. The number of nitrogens with zero attached hydrogens (tertiary/aromatic N) is 1. The molecule has 4 nitrogen and oxygen atoms in total. The minimum absolute atomic E-state index is 0.196. The summed E-state index contributed by atoms with van der Waals surface area (Å²) in [6, 6.07) is 1.84. The molecule has 1 unspecified atom stereocenters. The zero-order valence-electron chi connectivity index (χ0n) is 13.3. The predicted octanol–water partition coefficient (Wildman–Crippen LogP) is 2.63. The summed E-state index contributed by atoms with van der Waals surface area (Å²) in [5, 5.41) is 12.9. The Kier molecular flexibility index (Phi) is 4.55. The molecule has 120 valence electrons. The van der Waals surface area contributed by atoms with Crippen molar-refractivity contribution >= 4 is 5.97 Å². The quantitative estimate of drug-likeness (QED) is 0.791. The van der Waals surface area contributed by atoms with Crippen molar-refractivity contribution in [2.45, 2.75) is 82.8 Å². The van der Waals surface area contributed by atoms with E-state index in [4.69, 9.17) is 5.11 Å². The van der Waals surface area contributed by atoms with Gasteiger partial charge in [0.25, 0.3) is 0 Å². The Labute approximate surface area is 128 Å². The second kappa shape index (κ2) is 6.25. The molecular formula is C17H30N2O2. The van der Waals surface area contributed by atoms with Gasteiger partial charge < -0.3 is 10.4 Å². The maximum absolute atomic E-state index is 10.9. The van der Waals surface area contributed by atoms with Gasteiger partial charge in [0, 0.05) is 18.1 Å². The van der Waals surface area contributed by atoms with Gasteiger partial charge in [0.2, 0.25) is 0 Å². The number of carbonyl (C=O) groups is 1. The number of carboxylic acid groups (broad SMARTS) is 1. The minimum atomic E-state index is -0.700. The van der Waals surface area contributed by atoms with E-state index in [0.29, 0.717) is 17.5 Å². The van der Waals surface area contributed by atoms with Crippen molar-refractivity contribution in [3.05, 3.63) is 0 Å². The molecule has 0 heterocycles. The lowest BCUT2D eigenvalue weighted by molar-refractivity contribution is -0.139. The van der Waals surface area contributed by atoms with E-state index in [9.17, 15) is 4.79 Å². The molecule has 0 radical (unpaired) electrons. The summed E-state index contributed by atoms with van der Waals surface area (Å²) in [4.78, 5) is 13.0. The molecule has 1 atom stereocenters. The number of nitrogens with one attached hydrogen (secondary N) is 1. The first-order chi connectivity index (χ1) is 10.1. The largest absolute Gasteiger partial charge is 0.480 e. The van der Waals surface area contributed by atoms with Crippen LogP contribution in [0.15, 0.2) is 0 Å². The lowest BCUT2D eigenvalue weighted by Crippen LogP contribution is -2.57. The Morgan fingerprint density at radius 2 is 1.90 bits per heavy atom. The van der Waals surface area contributed by atoms with Crippen LogP contribution in [0.3, 0.4) is 0 Å². The summed E-state index contributed by atoms with van der Waals surface area (Å²) < 4.78 is 0. The van der Waals surface area contributed by atoms with Gasteiger partial charge in [-0.05, 0) is 50.5 Å². The fraction of sp³-hybridized carbons (Fsp3) is 0.941. The van der Waals surface area contributed by atoms with Crippen molar-refractivity contribution in [2.24, 2.45) is 5.41 Å². The molecule has 0 aromatic carbocycles. The van der Waals surface area contributed by atoms with Crippen LogP contribution in [0.2, 0.25) is 0 Å². The second-order valence-corrected chi connectivity index (χ2v) is 7.46. The molecule has 1 spiro atoms. The third-order valence-electron chi connectivity index (χ3n) is 6.32. The van der Waals surface area contributed by atoms with Gasteiger partial charge in [-0.1, -0.05) is 26.2 Å². The van der Waals surface area contributed by atoms with Crippen LogP contribution < -0.4 is 5.32 Å². The van der Waals surface area contributed by atoms with Crippen LogP contribution in [-0.2, 0) is 4.79 Å². The van der Waals surface area contributed by atoms with Crippen molar-refractivity contribution < 1.29 is 9.90 Å². The van der Waals surface area contributed by atoms with E-state index in [2.05, 4.69) is 17.1 Å². The molecular weight excluding hydrogens is 264 g/mol. The van der Waals surface area contributed by atoms with E-state index in [0.717, 1.165) is 25.4 Å². The first kappa shape index (κ1) is 15.3. The van der Waals surface area contributed by atoms with Crippen LogP contribution in [0.1, 0.15) is 64.7 Å². The molecule has 0 bridgehead atoms. The van der Waals surface area contributed by atoms with Crippen molar-refractivity contribution in [3.8, 4) is 0 Å². The number of hydrogen-bond donors (Lipinski definition) is 2. The van der Waals surface area contributed by atoms with Crippen LogP contribution in [-0.4, -0.2) is 47.2 Å². The lowest BCUT2D eigenvalue weighted by Gasteiger charge is -2.45. The Bertz CT molecular complexity index is 367. The first-order valence-electron chi connectivity index (χ1n) is 8.85. The average molecular weight is 294 g/mol. The molecule has 3 saturated carbocycles. The lowest BCUT2D eigenvalue weighted by atomic mass is 9.78. The Morgan fingerprint density at radius 1 is 1.24 bits per heavy atom. The van der Waals surface area contributed by atoms with E-state index in [1.165, 1.54) is 44.9 Å². The Morgan fingerprint density at radius 3 is 2.52 bits per heavy atom. The smallest absolute Gasteiger partial charge is 0.317 e. The molecule has 0 aliphatic heterocycles. The molecule has 3 rings (SSSR count). The van der Waals surface area contributed by atoms with Crippen LogP contribution in [0.4, 0.5) is 0 Å². The number of hydrogen-bond acceptors (Lipinski definition) is 3.